The molecule has 0 aliphatic carbocycles. The Morgan fingerprint density at radius 3 is 2.56 bits per heavy atom. The van der Waals surface area contributed by atoms with Crippen LogP contribution in [0, 0.1) is 11.6 Å². The van der Waals surface area contributed by atoms with Gasteiger partial charge in [0.15, 0.2) is 11.6 Å². The zero-order valence-corrected chi connectivity index (χ0v) is 13.4. The molecule has 0 radical (unpaired) electrons. The minimum absolute atomic E-state index is 0.0351. The summed E-state index contributed by atoms with van der Waals surface area (Å²) in [5, 5.41) is 2.32. The van der Waals surface area contributed by atoms with E-state index in [1.807, 2.05) is 0 Å². The number of amides is 2. The van der Waals surface area contributed by atoms with Gasteiger partial charge in [0.05, 0.1) is 0 Å². The van der Waals surface area contributed by atoms with E-state index in [0.29, 0.717) is 4.90 Å². The molecule has 0 spiro atoms. The number of alkyl halides is 3. The Labute approximate surface area is 141 Å². The summed E-state index contributed by atoms with van der Waals surface area (Å²) in [7, 11) is 0. The number of hydrogen-bond acceptors (Lipinski definition) is 2. The number of benzene rings is 1. The van der Waals surface area contributed by atoms with Gasteiger partial charge in [0, 0.05) is 19.4 Å². The lowest BCUT2D eigenvalue weighted by molar-refractivity contribution is -0.162. The van der Waals surface area contributed by atoms with Crippen molar-refractivity contribution in [3.8, 4) is 0 Å². The molecule has 2 rings (SSSR count). The number of nitrogens with zero attached hydrogens (tertiary/aromatic N) is 1. The third-order valence-corrected chi connectivity index (χ3v) is 4.02. The van der Waals surface area contributed by atoms with Crippen LogP contribution < -0.4 is 5.32 Å². The number of halogens is 5. The largest absolute Gasteiger partial charge is 0.406 e. The number of carbonyl (C=O) groups is 2. The molecule has 1 fully saturated rings. The number of likely N-dealkylation sites (tertiary alicyclic amines) is 1. The van der Waals surface area contributed by atoms with Gasteiger partial charge in [-0.2, -0.15) is 13.2 Å². The first-order chi connectivity index (χ1) is 11.6. The zero-order chi connectivity index (χ0) is 18.8. The molecule has 1 saturated heterocycles. The van der Waals surface area contributed by atoms with Crippen molar-refractivity contribution in [2.75, 3.05) is 13.1 Å². The van der Waals surface area contributed by atoms with Gasteiger partial charge in [-0.25, -0.2) is 8.78 Å². The summed E-state index contributed by atoms with van der Waals surface area (Å²) in [4.78, 5) is 24.1. The second-order valence-corrected chi connectivity index (χ2v) is 6.00. The molecule has 1 aromatic rings. The van der Waals surface area contributed by atoms with Gasteiger partial charge in [-0.1, -0.05) is 12.1 Å². The molecule has 25 heavy (non-hydrogen) atoms. The lowest BCUT2D eigenvalue weighted by atomic mass is 9.93. The van der Waals surface area contributed by atoms with Crippen LogP contribution in [0.25, 0.3) is 0 Å². The van der Waals surface area contributed by atoms with E-state index < -0.39 is 54.7 Å². The fourth-order valence-corrected chi connectivity index (χ4v) is 2.99. The first-order valence-electron chi connectivity index (χ1n) is 7.65. The van der Waals surface area contributed by atoms with Crippen molar-refractivity contribution in [2.24, 2.45) is 0 Å². The second kappa shape index (κ2) is 7.37. The molecular weight excluding hydrogens is 347 g/mol. The first-order valence-corrected chi connectivity index (χ1v) is 7.65. The zero-order valence-electron chi connectivity index (χ0n) is 13.4. The maximum absolute atomic E-state index is 14.0. The minimum Gasteiger partial charge on any atom is -0.345 e. The summed E-state index contributed by atoms with van der Waals surface area (Å²) in [5.41, 5.74) is -0.0801. The quantitative estimate of drug-likeness (QED) is 0.839. The Kier molecular flexibility index (Phi) is 5.64. The Balaban J connectivity index is 2.33. The topological polar surface area (TPSA) is 49.4 Å². The maximum Gasteiger partial charge on any atom is 0.406 e. The molecule has 2 unspecified atom stereocenters. The second-order valence-electron chi connectivity index (χ2n) is 6.00. The van der Waals surface area contributed by atoms with Gasteiger partial charge in [0.25, 0.3) is 0 Å². The Morgan fingerprint density at radius 1 is 1.28 bits per heavy atom. The monoisotopic (exact) mass is 364 g/mol. The molecule has 0 saturated carbocycles. The van der Waals surface area contributed by atoms with Crippen molar-refractivity contribution >= 4 is 11.8 Å². The van der Waals surface area contributed by atoms with Gasteiger partial charge in [0.2, 0.25) is 11.8 Å². The molecule has 2 atom stereocenters. The molecule has 4 nitrogen and oxygen atoms in total. The number of carbonyl (C=O) groups excluding carboxylic acids is 2. The van der Waals surface area contributed by atoms with Crippen LogP contribution in [0.1, 0.15) is 31.2 Å². The molecule has 0 bridgehead atoms. The van der Waals surface area contributed by atoms with E-state index in [1.54, 1.807) is 0 Å². The van der Waals surface area contributed by atoms with E-state index in [2.05, 4.69) is 5.32 Å². The third kappa shape index (κ3) is 4.90. The van der Waals surface area contributed by atoms with Crippen LogP contribution in [-0.4, -0.2) is 42.0 Å². The first kappa shape index (κ1) is 19.1. The Morgan fingerprint density at radius 2 is 1.96 bits per heavy atom. The molecule has 0 aromatic heterocycles. The number of nitrogens with one attached hydrogen (secondary N) is 1. The molecule has 1 N–H and O–H groups in total. The van der Waals surface area contributed by atoms with Gasteiger partial charge in [0.1, 0.15) is 12.6 Å². The number of rotatable bonds is 3. The minimum atomic E-state index is -4.65. The fraction of sp³-hybridized carbons (Fsp3) is 0.500. The van der Waals surface area contributed by atoms with E-state index in [9.17, 15) is 31.5 Å². The van der Waals surface area contributed by atoms with E-state index >= 15 is 0 Å². The Hall–Kier alpha value is -2.19. The van der Waals surface area contributed by atoms with Crippen LogP contribution in [0.5, 0.6) is 0 Å². The molecule has 138 valence electrons. The summed E-state index contributed by atoms with van der Waals surface area (Å²) in [6.45, 7) is -0.778. The van der Waals surface area contributed by atoms with Crippen LogP contribution >= 0.6 is 0 Å². The highest BCUT2D eigenvalue weighted by Gasteiger charge is 2.39. The van der Waals surface area contributed by atoms with Crippen molar-refractivity contribution in [1.29, 1.82) is 0 Å². The van der Waals surface area contributed by atoms with E-state index in [4.69, 9.17) is 0 Å². The van der Waals surface area contributed by atoms with Crippen molar-refractivity contribution in [2.45, 2.75) is 37.9 Å². The highest BCUT2D eigenvalue weighted by molar-refractivity contribution is 5.87. The molecule has 1 aliphatic heterocycles. The summed E-state index contributed by atoms with van der Waals surface area (Å²) in [6.07, 6.45) is -4.48. The van der Waals surface area contributed by atoms with Crippen LogP contribution in [-0.2, 0) is 9.59 Å². The van der Waals surface area contributed by atoms with Gasteiger partial charge >= 0.3 is 6.18 Å². The summed E-state index contributed by atoms with van der Waals surface area (Å²) in [6, 6.07) is 2.34. The normalized spacial score (nSPS) is 21.8. The van der Waals surface area contributed by atoms with Gasteiger partial charge in [-0.05, 0) is 24.5 Å². The van der Waals surface area contributed by atoms with Gasteiger partial charge in [-0.3, -0.25) is 9.59 Å². The maximum atomic E-state index is 14.0. The standard InChI is InChI=1S/C16H17F5N2O2/c1-9(24)22-13-6-5-10(11-3-2-4-12(17)14(11)18)7-23(15(13)25)8-16(19,20)21/h2-4,10,13H,5-8H2,1H3,(H,22,24). The van der Waals surface area contributed by atoms with Gasteiger partial charge < -0.3 is 10.2 Å². The van der Waals surface area contributed by atoms with Crippen molar-refractivity contribution < 1.29 is 31.5 Å². The molecule has 2 amide bonds. The fourth-order valence-electron chi connectivity index (χ4n) is 2.99. The van der Waals surface area contributed by atoms with Gasteiger partial charge in [-0.15, -0.1) is 0 Å². The van der Waals surface area contributed by atoms with E-state index in [1.165, 1.54) is 12.1 Å². The highest BCUT2D eigenvalue weighted by Crippen LogP contribution is 2.31. The smallest absolute Gasteiger partial charge is 0.345 e. The molecule has 1 aliphatic rings. The van der Waals surface area contributed by atoms with Crippen LogP contribution in [0.2, 0.25) is 0 Å². The highest BCUT2D eigenvalue weighted by atomic mass is 19.4. The summed E-state index contributed by atoms with van der Waals surface area (Å²) in [5.74, 6) is -4.48. The average Bonchev–Trinajstić information content (AvgIpc) is 2.62. The molecule has 1 heterocycles. The molecule has 1 aromatic carbocycles. The lowest BCUT2D eigenvalue weighted by Gasteiger charge is -2.27. The van der Waals surface area contributed by atoms with E-state index in [-0.39, 0.29) is 18.4 Å². The number of hydrogen-bond donors (Lipinski definition) is 1. The molecule has 9 heteroatoms. The SMILES string of the molecule is CC(=O)NC1CCC(c2cccc(F)c2F)CN(CC(F)(F)F)C1=O. The van der Waals surface area contributed by atoms with Crippen LogP contribution in [0.15, 0.2) is 18.2 Å². The summed E-state index contributed by atoms with van der Waals surface area (Å²) >= 11 is 0. The lowest BCUT2D eigenvalue weighted by Crippen LogP contribution is -2.49. The van der Waals surface area contributed by atoms with Crippen molar-refractivity contribution in [3.05, 3.63) is 35.4 Å². The Bertz CT molecular complexity index is 662. The van der Waals surface area contributed by atoms with Crippen LogP contribution in [0.3, 0.4) is 0 Å². The van der Waals surface area contributed by atoms with E-state index in [0.717, 1.165) is 13.0 Å². The predicted octanol–water partition coefficient (Wildman–Crippen LogP) is 2.74. The summed E-state index contributed by atoms with van der Waals surface area (Å²) < 4.78 is 65.8. The van der Waals surface area contributed by atoms with Crippen LogP contribution in [0.4, 0.5) is 22.0 Å². The predicted molar refractivity (Wildman–Crippen MR) is 78.6 cm³/mol. The van der Waals surface area contributed by atoms with Crippen molar-refractivity contribution in [3.63, 3.8) is 0 Å². The third-order valence-electron chi connectivity index (χ3n) is 4.02. The van der Waals surface area contributed by atoms with Crippen molar-refractivity contribution in [1.82, 2.24) is 10.2 Å². The average molecular weight is 364 g/mol. The molecular formula is C16H17F5N2O2.